The lowest BCUT2D eigenvalue weighted by Crippen LogP contribution is -2.44. The summed E-state index contributed by atoms with van der Waals surface area (Å²) in [6.07, 6.45) is 0. The lowest BCUT2D eigenvalue weighted by atomic mass is 10.1. The number of nitrogens with zero attached hydrogens (tertiary/aromatic N) is 1. The molecule has 2 rings (SSSR count). The first-order chi connectivity index (χ1) is 8.11. The van der Waals surface area contributed by atoms with E-state index in [2.05, 4.69) is 0 Å². The first-order valence-electron chi connectivity index (χ1n) is 5.58. The maximum atomic E-state index is 13.7. The van der Waals surface area contributed by atoms with E-state index in [-0.39, 0.29) is 17.4 Å². The zero-order valence-electron chi connectivity index (χ0n) is 9.74. The summed E-state index contributed by atoms with van der Waals surface area (Å²) in [5.41, 5.74) is 6.31. The SMILES string of the molecule is CC1COCCN1c1cccc(F)c1C(=N)N. The highest BCUT2D eigenvalue weighted by atomic mass is 19.1. The fraction of sp³-hybridized carbons (Fsp3) is 0.417. The number of anilines is 1. The van der Waals surface area contributed by atoms with Crippen LogP contribution in [-0.2, 0) is 4.74 Å². The largest absolute Gasteiger partial charge is 0.384 e. The number of halogens is 1. The molecular weight excluding hydrogens is 221 g/mol. The Morgan fingerprint density at radius 1 is 1.59 bits per heavy atom. The minimum Gasteiger partial charge on any atom is -0.384 e. The summed E-state index contributed by atoms with van der Waals surface area (Å²) in [6, 6.07) is 4.91. The lowest BCUT2D eigenvalue weighted by molar-refractivity contribution is 0.0989. The van der Waals surface area contributed by atoms with Crippen LogP contribution in [0.5, 0.6) is 0 Å². The Morgan fingerprint density at radius 3 is 3.00 bits per heavy atom. The molecule has 0 amide bonds. The van der Waals surface area contributed by atoms with Crippen LogP contribution in [0.2, 0.25) is 0 Å². The number of nitrogens with two attached hydrogens (primary N) is 1. The molecule has 0 aromatic heterocycles. The van der Waals surface area contributed by atoms with Crippen molar-refractivity contribution in [2.45, 2.75) is 13.0 Å². The molecule has 0 bridgehead atoms. The van der Waals surface area contributed by atoms with Gasteiger partial charge in [0.2, 0.25) is 0 Å². The van der Waals surface area contributed by atoms with Gasteiger partial charge in [0.05, 0.1) is 24.5 Å². The van der Waals surface area contributed by atoms with Crippen molar-refractivity contribution in [2.75, 3.05) is 24.7 Å². The topological polar surface area (TPSA) is 62.3 Å². The highest BCUT2D eigenvalue weighted by molar-refractivity contribution is 6.00. The molecule has 0 aliphatic carbocycles. The Labute approximate surface area is 99.7 Å². The molecule has 1 heterocycles. The number of ether oxygens (including phenoxy) is 1. The Morgan fingerprint density at radius 2 is 2.35 bits per heavy atom. The van der Waals surface area contributed by atoms with Crippen LogP contribution in [0, 0.1) is 11.2 Å². The summed E-state index contributed by atoms with van der Waals surface area (Å²) < 4.78 is 19.0. The molecule has 1 aliphatic heterocycles. The Bertz CT molecular complexity index is 436. The molecule has 5 heteroatoms. The van der Waals surface area contributed by atoms with Crippen LogP contribution in [0.4, 0.5) is 10.1 Å². The molecule has 1 unspecified atom stereocenters. The van der Waals surface area contributed by atoms with Gasteiger partial charge in [0.1, 0.15) is 11.7 Å². The first-order valence-corrected chi connectivity index (χ1v) is 5.58. The Kier molecular flexibility index (Phi) is 3.28. The zero-order chi connectivity index (χ0) is 12.4. The molecule has 0 radical (unpaired) electrons. The molecule has 4 nitrogen and oxygen atoms in total. The summed E-state index contributed by atoms with van der Waals surface area (Å²) in [6.45, 7) is 3.91. The van der Waals surface area contributed by atoms with Crippen LogP contribution < -0.4 is 10.6 Å². The number of benzene rings is 1. The van der Waals surface area contributed by atoms with Crippen molar-refractivity contribution in [3.05, 3.63) is 29.6 Å². The van der Waals surface area contributed by atoms with Gasteiger partial charge in [-0.2, -0.15) is 0 Å². The van der Waals surface area contributed by atoms with Gasteiger partial charge in [-0.1, -0.05) is 6.07 Å². The van der Waals surface area contributed by atoms with E-state index in [1.165, 1.54) is 6.07 Å². The van der Waals surface area contributed by atoms with Gasteiger partial charge in [-0.05, 0) is 19.1 Å². The van der Waals surface area contributed by atoms with Gasteiger partial charge in [-0.3, -0.25) is 5.41 Å². The van der Waals surface area contributed by atoms with Crippen molar-refractivity contribution in [3.8, 4) is 0 Å². The third kappa shape index (κ3) is 2.24. The standard InChI is InChI=1S/C12H16FN3O/c1-8-7-17-6-5-16(8)10-4-2-3-9(13)11(10)12(14)15/h2-4,8H,5-7H2,1H3,(H3,14,15). The lowest BCUT2D eigenvalue weighted by Gasteiger charge is -2.36. The van der Waals surface area contributed by atoms with Crippen LogP contribution in [0.15, 0.2) is 18.2 Å². The second-order valence-corrected chi connectivity index (χ2v) is 4.16. The monoisotopic (exact) mass is 237 g/mol. The van der Waals surface area contributed by atoms with E-state index in [9.17, 15) is 4.39 Å². The number of hydrogen-bond donors (Lipinski definition) is 2. The maximum Gasteiger partial charge on any atom is 0.136 e. The summed E-state index contributed by atoms with van der Waals surface area (Å²) in [4.78, 5) is 2.03. The van der Waals surface area contributed by atoms with Gasteiger partial charge < -0.3 is 15.4 Å². The molecule has 17 heavy (non-hydrogen) atoms. The van der Waals surface area contributed by atoms with Gasteiger partial charge in [0, 0.05) is 12.6 Å². The highest BCUT2D eigenvalue weighted by Gasteiger charge is 2.23. The molecule has 92 valence electrons. The van der Waals surface area contributed by atoms with Crippen LogP contribution >= 0.6 is 0 Å². The van der Waals surface area contributed by atoms with Gasteiger partial charge in [0.25, 0.3) is 0 Å². The van der Waals surface area contributed by atoms with E-state index >= 15 is 0 Å². The average molecular weight is 237 g/mol. The molecule has 1 aromatic carbocycles. The number of rotatable bonds is 2. The molecule has 3 N–H and O–H groups in total. The van der Waals surface area contributed by atoms with E-state index < -0.39 is 5.82 Å². The number of nitrogen functional groups attached to an aromatic ring is 1. The summed E-state index contributed by atoms with van der Waals surface area (Å²) >= 11 is 0. The number of amidine groups is 1. The molecule has 1 saturated heterocycles. The van der Waals surface area contributed by atoms with Crippen LogP contribution in [-0.4, -0.2) is 31.6 Å². The highest BCUT2D eigenvalue weighted by Crippen LogP contribution is 2.26. The van der Waals surface area contributed by atoms with Crippen LogP contribution in [0.25, 0.3) is 0 Å². The third-order valence-electron chi connectivity index (χ3n) is 2.94. The fourth-order valence-corrected chi connectivity index (χ4v) is 2.10. The van der Waals surface area contributed by atoms with E-state index in [0.717, 1.165) is 0 Å². The van der Waals surface area contributed by atoms with Crippen molar-refractivity contribution in [2.24, 2.45) is 5.73 Å². The fourth-order valence-electron chi connectivity index (χ4n) is 2.10. The van der Waals surface area contributed by atoms with Gasteiger partial charge >= 0.3 is 0 Å². The predicted octanol–water partition coefficient (Wildman–Crippen LogP) is 1.33. The Hall–Kier alpha value is -1.62. The average Bonchev–Trinajstić information content (AvgIpc) is 2.28. The molecule has 1 fully saturated rings. The normalized spacial score (nSPS) is 20.4. The summed E-state index contributed by atoms with van der Waals surface area (Å²) in [7, 11) is 0. The van der Waals surface area contributed by atoms with Crippen molar-refractivity contribution >= 4 is 11.5 Å². The molecule has 1 aliphatic rings. The molecule has 1 atom stereocenters. The smallest absolute Gasteiger partial charge is 0.136 e. The predicted molar refractivity (Wildman–Crippen MR) is 65.0 cm³/mol. The van der Waals surface area contributed by atoms with Gasteiger partial charge in [-0.25, -0.2) is 4.39 Å². The van der Waals surface area contributed by atoms with Crippen LogP contribution in [0.3, 0.4) is 0 Å². The summed E-state index contributed by atoms with van der Waals surface area (Å²) in [5, 5.41) is 7.48. The van der Waals surface area contributed by atoms with Crippen molar-refractivity contribution in [1.29, 1.82) is 5.41 Å². The van der Waals surface area contributed by atoms with E-state index in [1.54, 1.807) is 12.1 Å². The van der Waals surface area contributed by atoms with E-state index in [1.807, 2.05) is 11.8 Å². The zero-order valence-corrected chi connectivity index (χ0v) is 9.74. The van der Waals surface area contributed by atoms with E-state index in [0.29, 0.717) is 25.4 Å². The molecular formula is C12H16FN3O. The number of morpholine rings is 1. The van der Waals surface area contributed by atoms with Crippen molar-refractivity contribution in [3.63, 3.8) is 0 Å². The van der Waals surface area contributed by atoms with Crippen molar-refractivity contribution < 1.29 is 9.13 Å². The minimum absolute atomic E-state index is 0.156. The first kappa shape index (κ1) is 11.9. The molecule has 1 aromatic rings. The van der Waals surface area contributed by atoms with Gasteiger partial charge in [-0.15, -0.1) is 0 Å². The maximum absolute atomic E-state index is 13.7. The minimum atomic E-state index is -0.450. The van der Waals surface area contributed by atoms with E-state index in [4.69, 9.17) is 15.9 Å². The second-order valence-electron chi connectivity index (χ2n) is 4.16. The number of hydrogen-bond acceptors (Lipinski definition) is 3. The quantitative estimate of drug-likeness (QED) is 0.602. The van der Waals surface area contributed by atoms with Crippen molar-refractivity contribution in [1.82, 2.24) is 0 Å². The summed E-state index contributed by atoms with van der Waals surface area (Å²) in [5.74, 6) is -0.689. The molecule has 0 spiro atoms. The molecule has 0 saturated carbocycles. The second kappa shape index (κ2) is 4.71. The van der Waals surface area contributed by atoms with Crippen LogP contribution in [0.1, 0.15) is 12.5 Å². The number of nitrogens with one attached hydrogen (secondary N) is 1. The van der Waals surface area contributed by atoms with Gasteiger partial charge in [0.15, 0.2) is 0 Å². The Balaban J connectivity index is 2.43. The third-order valence-corrected chi connectivity index (χ3v) is 2.94.